The number of anilines is 1. The fourth-order valence-corrected chi connectivity index (χ4v) is 2.83. The Morgan fingerprint density at radius 2 is 1.86 bits per heavy atom. The van der Waals surface area contributed by atoms with Crippen molar-refractivity contribution in [2.24, 2.45) is 7.05 Å². The topological polar surface area (TPSA) is 67.2 Å². The van der Waals surface area contributed by atoms with Crippen molar-refractivity contribution in [1.82, 2.24) is 14.1 Å². The van der Waals surface area contributed by atoms with Crippen LogP contribution < -0.4 is 5.32 Å². The Hall–Kier alpha value is -1.86. The molecule has 1 aromatic heterocycles. The maximum absolute atomic E-state index is 12.0. The van der Waals surface area contributed by atoms with Crippen LogP contribution in [0.4, 0.5) is 5.69 Å². The predicted molar refractivity (Wildman–Crippen MR) is 82.6 cm³/mol. The van der Waals surface area contributed by atoms with E-state index in [1.54, 1.807) is 28.9 Å². The number of nitrogens with one attached hydrogen (secondary N) is 1. The van der Waals surface area contributed by atoms with Crippen molar-refractivity contribution < 1.29 is 8.42 Å². The van der Waals surface area contributed by atoms with Crippen molar-refractivity contribution >= 4 is 15.7 Å². The molecule has 1 N–H and O–H groups in total. The summed E-state index contributed by atoms with van der Waals surface area (Å²) >= 11 is 0. The molecule has 0 aliphatic rings. The monoisotopic (exact) mass is 308 g/mol. The molecule has 0 aliphatic carbocycles. The number of aromatic nitrogens is 2. The third-order valence-electron chi connectivity index (χ3n) is 3.24. The highest BCUT2D eigenvalue weighted by Gasteiger charge is 2.16. The average Bonchev–Trinajstić information content (AvgIpc) is 2.86. The van der Waals surface area contributed by atoms with E-state index in [2.05, 4.69) is 10.4 Å². The Morgan fingerprint density at radius 1 is 1.24 bits per heavy atom. The molecule has 114 valence electrons. The summed E-state index contributed by atoms with van der Waals surface area (Å²) in [7, 11) is 1.53. The van der Waals surface area contributed by atoms with Crippen LogP contribution in [0, 0.1) is 0 Å². The van der Waals surface area contributed by atoms with E-state index in [0.29, 0.717) is 0 Å². The van der Waals surface area contributed by atoms with Gasteiger partial charge in [-0.05, 0) is 31.2 Å². The number of sulfonamides is 1. The van der Waals surface area contributed by atoms with E-state index in [-0.39, 0.29) is 10.9 Å². The van der Waals surface area contributed by atoms with E-state index in [1.165, 1.54) is 18.4 Å². The van der Waals surface area contributed by atoms with Gasteiger partial charge in [0, 0.05) is 38.6 Å². The molecular formula is C14H20N4O2S. The maximum atomic E-state index is 12.0. The van der Waals surface area contributed by atoms with Crippen molar-refractivity contribution in [3.63, 3.8) is 0 Å². The molecule has 2 aromatic rings. The quantitative estimate of drug-likeness (QED) is 0.915. The minimum Gasteiger partial charge on any atom is -0.378 e. The zero-order chi connectivity index (χ0) is 15.6. The number of hydrogen-bond acceptors (Lipinski definition) is 4. The summed E-state index contributed by atoms with van der Waals surface area (Å²) in [4.78, 5) is 0.284. The maximum Gasteiger partial charge on any atom is 0.242 e. The number of rotatable bonds is 5. The van der Waals surface area contributed by atoms with Crippen LogP contribution in [0.2, 0.25) is 0 Å². The van der Waals surface area contributed by atoms with Crippen LogP contribution >= 0.6 is 0 Å². The van der Waals surface area contributed by atoms with Gasteiger partial charge in [0.15, 0.2) is 0 Å². The number of hydrogen-bond donors (Lipinski definition) is 1. The van der Waals surface area contributed by atoms with Crippen LogP contribution in [0.1, 0.15) is 18.5 Å². The Balaban J connectivity index is 2.13. The summed E-state index contributed by atoms with van der Waals surface area (Å²) in [6.45, 7) is 2.03. The average molecular weight is 308 g/mol. The predicted octanol–water partition coefficient (Wildman–Crippen LogP) is 1.84. The van der Waals surface area contributed by atoms with E-state index in [1.807, 2.05) is 26.4 Å². The van der Waals surface area contributed by atoms with Crippen LogP contribution in [0.25, 0.3) is 0 Å². The lowest BCUT2D eigenvalue weighted by Gasteiger charge is -2.15. The summed E-state index contributed by atoms with van der Waals surface area (Å²) in [6, 6.07) is 6.84. The summed E-state index contributed by atoms with van der Waals surface area (Å²) in [5, 5.41) is 7.45. The zero-order valence-electron chi connectivity index (χ0n) is 12.6. The molecule has 0 amide bonds. The van der Waals surface area contributed by atoms with Crippen molar-refractivity contribution in [3.05, 3.63) is 42.2 Å². The summed E-state index contributed by atoms with van der Waals surface area (Å²) in [6.07, 6.45) is 3.76. The molecule has 0 bridgehead atoms. The molecule has 21 heavy (non-hydrogen) atoms. The van der Waals surface area contributed by atoms with E-state index in [4.69, 9.17) is 0 Å². The Kier molecular flexibility index (Phi) is 4.34. The Morgan fingerprint density at radius 3 is 2.33 bits per heavy atom. The number of benzene rings is 1. The van der Waals surface area contributed by atoms with Gasteiger partial charge in [0.2, 0.25) is 10.0 Å². The van der Waals surface area contributed by atoms with Gasteiger partial charge in [-0.2, -0.15) is 5.10 Å². The first-order chi connectivity index (χ1) is 9.80. The molecule has 1 unspecified atom stereocenters. The molecular weight excluding hydrogens is 288 g/mol. The minimum atomic E-state index is -3.38. The molecule has 0 saturated heterocycles. The van der Waals surface area contributed by atoms with Gasteiger partial charge < -0.3 is 5.32 Å². The first-order valence-corrected chi connectivity index (χ1v) is 8.02. The van der Waals surface area contributed by atoms with Crippen LogP contribution in [0.3, 0.4) is 0 Å². The van der Waals surface area contributed by atoms with Gasteiger partial charge >= 0.3 is 0 Å². The SMILES string of the molecule is CC(Nc1ccc(S(=O)(=O)N(C)C)cc1)c1cnn(C)c1. The molecule has 6 nitrogen and oxygen atoms in total. The van der Waals surface area contributed by atoms with Crippen molar-refractivity contribution in [2.75, 3.05) is 19.4 Å². The van der Waals surface area contributed by atoms with Gasteiger partial charge in [-0.3, -0.25) is 4.68 Å². The summed E-state index contributed by atoms with van der Waals surface area (Å²) < 4.78 is 26.9. The van der Waals surface area contributed by atoms with Crippen LogP contribution in [0.15, 0.2) is 41.6 Å². The number of aryl methyl sites for hydroxylation is 1. The van der Waals surface area contributed by atoms with Gasteiger partial charge in [0.05, 0.1) is 17.1 Å². The lowest BCUT2D eigenvalue weighted by Crippen LogP contribution is -2.22. The molecule has 1 heterocycles. The highest BCUT2D eigenvalue weighted by atomic mass is 32.2. The molecule has 0 saturated carbocycles. The van der Waals surface area contributed by atoms with Gasteiger partial charge in [0.1, 0.15) is 0 Å². The third-order valence-corrected chi connectivity index (χ3v) is 5.07. The first-order valence-electron chi connectivity index (χ1n) is 6.58. The van der Waals surface area contributed by atoms with Gasteiger partial charge in [0.25, 0.3) is 0 Å². The minimum absolute atomic E-state index is 0.0926. The Bertz CT molecular complexity index is 705. The van der Waals surface area contributed by atoms with E-state index >= 15 is 0 Å². The molecule has 0 fully saturated rings. The second-order valence-corrected chi connectivity index (χ2v) is 7.28. The zero-order valence-corrected chi connectivity index (χ0v) is 13.4. The molecule has 2 rings (SSSR count). The summed E-state index contributed by atoms with van der Waals surface area (Å²) in [5.74, 6) is 0. The van der Waals surface area contributed by atoms with Crippen molar-refractivity contribution in [3.8, 4) is 0 Å². The smallest absolute Gasteiger partial charge is 0.242 e. The van der Waals surface area contributed by atoms with E-state index in [9.17, 15) is 8.42 Å². The lowest BCUT2D eigenvalue weighted by atomic mass is 10.2. The second kappa shape index (κ2) is 5.87. The van der Waals surface area contributed by atoms with E-state index < -0.39 is 10.0 Å². The van der Waals surface area contributed by atoms with Gasteiger partial charge in [-0.25, -0.2) is 12.7 Å². The van der Waals surface area contributed by atoms with Crippen molar-refractivity contribution in [2.45, 2.75) is 17.9 Å². The van der Waals surface area contributed by atoms with Crippen LogP contribution in [0.5, 0.6) is 0 Å². The largest absolute Gasteiger partial charge is 0.378 e. The molecule has 0 radical (unpaired) electrons. The van der Waals surface area contributed by atoms with Crippen LogP contribution in [-0.2, 0) is 17.1 Å². The highest BCUT2D eigenvalue weighted by molar-refractivity contribution is 7.89. The molecule has 7 heteroatoms. The number of nitrogens with zero attached hydrogens (tertiary/aromatic N) is 3. The van der Waals surface area contributed by atoms with Crippen molar-refractivity contribution in [1.29, 1.82) is 0 Å². The normalized spacial score (nSPS) is 13.4. The highest BCUT2D eigenvalue weighted by Crippen LogP contribution is 2.21. The Labute approximate surface area is 125 Å². The summed E-state index contributed by atoms with van der Waals surface area (Å²) in [5.41, 5.74) is 1.94. The second-order valence-electron chi connectivity index (χ2n) is 5.13. The molecule has 1 atom stereocenters. The fraction of sp³-hybridized carbons (Fsp3) is 0.357. The van der Waals surface area contributed by atoms with Gasteiger partial charge in [-0.1, -0.05) is 0 Å². The van der Waals surface area contributed by atoms with Crippen LogP contribution in [-0.4, -0.2) is 36.6 Å². The first kappa shape index (κ1) is 15.5. The molecule has 0 spiro atoms. The molecule has 1 aromatic carbocycles. The lowest BCUT2D eigenvalue weighted by molar-refractivity contribution is 0.521. The standard InChI is InChI=1S/C14H20N4O2S/c1-11(12-9-15-18(4)10-12)16-13-5-7-14(8-6-13)21(19,20)17(2)3/h5-11,16H,1-4H3. The fourth-order valence-electron chi connectivity index (χ4n) is 1.93. The third kappa shape index (κ3) is 3.43. The van der Waals surface area contributed by atoms with Gasteiger partial charge in [-0.15, -0.1) is 0 Å². The molecule has 0 aliphatic heterocycles. The van der Waals surface area contributed by atoms with E-state index in [0.717, 1.165) is 11.3 Å².